The van der Waals surface area contributed by atoms with Gasteiger partial charge in [0, 0.05) is 32.7 Å². The molecule has 0 saturated carbocycles. The van der Waals surface area contributed by atoms with Gasteiger partial charge in [-0.2, -0.15) is 0 Å². The Morgan fingerprint density at radius 3 is 2.20 bits per heavy atom. The van der Waals surface area contributed by atoms with Crippen LogP contribution in [0.1, 0.15) is 43.4 Å². The molecule has 0 radical (unpaired) electrons. The molecule has 1 aliphatic heterocycles. The van der Waals surface area contributed by atoms with Crippen LogP contribution in [-0.4, -0.2) is 31.4 Å². The third-order valence-corrected chi connectivity index (χ3v) is 7.71. The number of hydrogen-bond donors (Lipinski definition) is 1. The maximum atomic E-state index is 13.4. The van der Waals surface area contributed by atoms with E-state index in [0.29, 0.717) is 32.7 Å². The highest BCUT2D eigenvalue weighted by Gasteiger charge is 2.29. The molecule has 186 valence electrons. The quantitative estimate of drug-likeness (QED) is 0.435. The second kappa shape index (κ2) is 11.0. The highest BCUT2D eigenvalue weighted by molar-refractivity contribution is 7.89. The molecule has 35 heavy (non-hydrogen) atoms. The molecule has 3 aromatic rings. The predicted molar refractivity (Wildman–Crippen MR) is 137 cm³/mol. The summed E-state index contributed by atoms with van der Waals surface area (Å²) in [5.74, 6) is -0.258. The number of benzene rings is 3. The van der Waals surface area contributed by atoms with Crippen molar-refractivity contribution in [3.63, 3.8) is 0 Å². The van der Waals surface area contributed by atoms with Crippen molar-refractivity contribution in [3.8, 4) is 0 Å². The molecular weight excluding hydrogens is 461 g/mol. The van der Waals surface area contributed by atoms with E-state index in [1.807, 2.05) is 29.3 Å². The summed E-state index contributed by atoms with van der Waals surface area (Å²) in [6.45, 7) is 7.60. The Bertz CT molecular complexity index is 1210. The Hall–Kier alpha value is -2.58. The number of halogens is 1. The third kappa shape index (κ3) is 7.45. The van der Waals surface area contributed by atoms with Crippen LogP contribution in [0.2, 0.25) is 0 Å². The minimum atomic E-state index is -3.68. The first-order valence-corrected chi connectivity index (χ1v) is 13.5. The lowest BCUT2D eigenvalue weighted by atomic mass is 9.85. The Morgan fingerprint density at radius 1 is 0.886 bits per heavy atom. The molecule has 0 atom stereocenters. The van der Waals surface area contributed by atoms with Gasteiger partial charge < -0.3 is 0 Å². The number of rotatable bonds is 9. The molecule has 1 saturated heterocycles. The Morgan fingerprint density at radius 2 is 1.51 bits per heavy atom. The van der Waals surface area contributed by atoms with Crippen LogP contribution in [0.4, 0.5) is 4.39 Å². The molecule has 3 aromatic carbocycles. The van der Waals surface area contributed by atoms with Crippen molar-refractivity contribution < 1.29 is 12.8 Å². The second-order valence-corrected chi connectivity index (χ2v) is 11.8. The maximum absolute atomic E-state index is 13.4. The van der Waals surface area contributed by atoms with Gasteiger partial charge in [0.25, 0.3) is 10.0 Å². The number of sulfonamides is 1. The van der Waals surface area contributed by atoms with E-state index in [1.54, 1.807) is 30.3 Å². The molecule has 0 bridgehead atoms. The lowest BCUT2D eigenvalue weighted by Gasteiger charge is -2.37. The molecule has 4 rings (SSSR count). The molecule has 1 N–H and O–H groups in total. The van der Waals surface area contributed by atoms with Gasteiger partial charge in [-0.1, -0.05) is 68.4 Å². The Labute approximate surface area is 208 Å². The van der Waals surface area contributed by atoms with Gasteiger partial charge in [-0.3, -0.25) is 4.90 Å². The fourth-order valence-corrected chi connectivity index (χ4v) is 5.82. The molecule has 0 aliphatic carbocycles. The highest BCUT2D eigenvalue weighted by atomic mass is 32.2. The van der Waals surface area contributed by atoms with E-state index >= 15 is 0 Å². The summed E-state index contributed by atoms with van der Waals surface area (Å²) < 4.78 is 39.7. The third-order valence-electron chi connectivity index (χ3n) is 6.33. The van der Waals surface area contributed by atoms with E-state index in [1.165, 1.54) is 12.1 Å². The van der Waals surface area contributed by atoms with Gasteiger partial charge in [-0.05, 0) is 59.2 Å². The summed E-state index contributed by atoms with van der Waals surface area (Å²) in [7, 11) is -3.68. The normalized spacial score (nSPS) is 16.5. The highest BCUT2D eigenvalue weighted by Crippen LogP contribution is 2.28. The van der Waals surface area contributed by atoms with Crippen LogP contribution in [-0.2, 0) is 29.7 Å². The van der Waals surface area contributed by atoms with Gasteiger partial charge in [0.1, 0.15) is 5.82 Å². The van der Waals surface area contributed by atoms with Gasteiger partial charge in [0.05, 0.1) is 4.90 Å². The van der Waals surface area contributed by atoms with E-state index < -0.39 is 10.0 Å². The summed E-state index contributed by atoms with van der Waals surface area (Å²) >= 11 is 0. The van der Waals surface area contributed by atoms with E-state index in [0.717, 1.165) is 29.5 Å². The summed E-state index contributed by atoms with van der Waals surface area (Å²) in [5.41, 5.74) is 3.15. The number of hydrazine groups is 1. The van der Waals surface area contributed by atoms with Crippen molar-refractivity contribution in [2.24, 2.45) is 5.41 Å². The van der Waals surface area contributed by atoms with Crippen LogP contribution in [0.3, 0.4) is 0 Å². The fourth-order valence-electron chi connectivity index (χ4n) is 4.65. The molecule has 1 fully saturated rings. The molecule has 1 heterocycles. The van der Waals surface area contributed by atoms with Crippen LogP contribution in [0.5, 0.6) is 0 Å². The van der Waals surface area contributed by atoms with Crippen LogP contribution in [0.15, 0.2) is 83.8 Å². The van der Waals surface area contributed by atoms with E-state index in [2.05, 4.69) is 35.7 Å². The predicted octanol–water partition coefficient (Wildman–Crippen LogP) is 5.34. The van der Waals surface area contributed by atoms with Crippen LogP contribution in [0, 0.1) is 11.2 Å². The Balaban J connectivity index is 1.51. The first-order chi connectivity index (χ1) is 16.7. The van der Waals surface area contributed by atoms with Crippen LogP contribution in [0.25, 0.3) is 0 Å². The second-order valence-electron chi connectivity index (χ2n) is 10.2. The average molecular weight is 496 g/mol. The molecular formula is C28H34FN3O2S. The monoisotopic (exact) mass is 495 g/mol. The zero-order valence-corrected chi connectivity index (χ0v) is 21.3. The van der Waals surface area contributed by atoms with E-state index in [4.69, 9.17) is 0 Å². The Kier molecular flexibility index (Phi) is 8.02. The first-order valence-electron chi connectivity index (χ1n) is 12.1. The lowest BCUT2D eigenvalue weighted by Crippen LogP contribution is -2.50. The smallest absolute Gasteiger partial charge is 0.253 e. The topological polar surface area (TPSA) is 52.7 Å². The van der Waals surface area contributed by atoms with Gasteiger partial charge in [-0.25, -0.2) is 17.8 Å². The summed E-state index contributed by atoms with van der Waals surface area (Å²) in [6.07, 6.45) is 2.05. The SMILES string of the molecule is CC1(C)CCCN(NS(=O)(=O)c2cccc(CN(Cc3ccccc3)Cc3ccc(F)cc3)c2)C1. The van der Waals surface area contributed by atoms with Gasteiger partial charge in [0.15, 0.2) is 0 Å². The molecule has 0 amide bonds. The number of hydrogen-bond acceptors (Lipinski definition) is 4. The number of nitrogens with zero attached hydrogens (tertiary/aromatic N) is 2. The van der Waals surface area contributed by atoms with Crippen molar-refractivity contribution >= 4 is 10.0 Å². The standard InChI is InChI=1S/C28H34FN3O2S/c1-28(2)16-7-17-32(22-28)30-35(33,34)27-11-6-10-25(18-27)21-31(19-23-8-4-3-5-9-23)20-24-12-14-26(29)15-13-24/h3-6,8-15,18,30H,7,16-17,19-22H2,1-2H3. The van der Waals surface area contributed by atoms with Gasteiger partial charge >= 0.3 is 0 Å². The minimum Gasteiger partial charge on any atom is -0.291 e. The summed E-state index contributed by atoms with van der Waals surface area (Å²) in [4.78, 5) is 5.28. The van der Waals surface area contributed by atoms with Crippen molar-refractivity contribution in [1.29, 1.82) is 0 Å². The van der Waals surface area contributed by atoms with E-state index in [9.17, 15) is 12.8 Å². The molecule has 1 aliphatic rings. The van der Waals surface area contributed by atoms with Gasteiger partial charge in [-0.15, -0.1) is 4.83 Å². The summed E-state index contributed by atoms with van der Waals surface area (Å²) in [6, 6.07) is 23.8. The van der Waals surface area contributed by atoms with Crippen LogP contribution >= 0.6 is 0 Å². The molecule has 0 spiro atoms. The molecule has 0 aromatic heterocycles. The van der Waals surface area contributed by atoms with E-state index in [-0.39, 0.29) is 16.1 Å². The summed E-state index contributed by atoms with van der Waals surface area (Å²) in [5, 5.41) is 1.82. The first kappa shape index (κ1) is 25.5. The largest absolute Gasteiger partial charge is 0.291 e. The van der Waals surface area contributed by atoms with Crippen molar-refractivity contribution in [3.05, 3.63) is 101 Å². The molecule has 5 nitrogen and oxygen atoms in total. The zero-order valence-electron chi connectivity index (χ0n) is 20.5. The zero-order chi connectivity index (χ0) is 24.9. The number of nitrogens with one attached hydrogen (secondary N) is 1. The maximum Gasteiger partial charge on any atom is 0.253 e. The van der Waals surface area contributed by atoms with Gasteiger partial charge in [0.2, 0.25) is 0 Å². The van der Waals surface area contributed by atoms with Crippen molar-refractivity contribution in [2.45, 2.75) is 51.2 Å². The lowest BCUT2D eigenvalue weighted by molar-refractivity contribution is 0.0988. The van der Waals surface area contributed by atoms with Crippen molar-refractivity contribution in [1.82, 2.24) is 14.7 Å². The molecule has 7 heteroatoms. The van der Waals surface area contributed by atoms with Crippen LogP contribution < -0.4 is 4.83 Å². The molecule has 0 unspecified atom stereocenters. The average Bonchev–Trinajstić information content (AvgIpc) is 2.80. The number of piperidine rings is 1. The van der Waals surface area contributed by atoms with Crippen molar-refractivity contribution in [2.75, 3.05) is 13.1 Å². The minimum absolute atomic E-state index is 0.0842. The fraction of sp³-hybridized carbons (Fsp3) is 0.357.